The van der Waals surface area contributed by atoms with Crippen molar-refractivity contribution in [1.29, 1.82) is 0 Å². The SMILES string of the molecule is C1=CC2=C(CC1)C(c1ccccc1)(c1ccccc1)c1cc(N(c3ccc4sc5ccccc5c4c3)c3cccc(-c4ccccc4)c3-c3ccccc3-c3ccccc3)ccc12. The summed E-state index contributed by atoms with van der Waals surface area (Å²) in [5.74, 6) is 0. The normalized spacial score (nSPS) is 13.9. The van der Waals surface area contributed by atoms with E-state index in [1.165, 1.54) is 87.0 Å². The van der Waals surface area contributed by atoms with Crippen molar-refractivity contribution < 1.29 is 0 Å². The van der Waals surface area contributed by atoms with Crippen LogP contribution in [0.4, 0.5) is 17.1 Å². The van der Waals surface area contributed by atoms with Crippen molar-refractivity contribution in [3.63, 3.8) is 0 Å². The van der Waals surface area contributed by atoms with Gasteiger partial charge < -0.3 is 4.90 Å². The molecule has 298 valence electrons. The van der Waals surface area contributed by atoms with Crippen molar-refractivity contribution >= 4 is 54.1 Å². The maximum atomic E-state index is 2.55. The minimum atomic E-state index is -0.457. The molecule has 1 aromatic heterocycles. The Kier molecular flexibility index (Phi) is 9.13. The molecule has 10 aromatic rings. The van der Waals surface area contributed by atoms with Crippen LogP contribution < -0.4 is 4.90 Å². The fraction of sp³-hybridized carbons (Fsp3) is 0.0492. The molecule has 1 heterocycles. The molecule has 2 aliphatic rings. The highest BCUT2D eigenvalue weighted by molar-refractivity contribution is 7.25. The van der Waals surface area contributed by atoms with Gasteiger partial charge in [-0.2, -0.15) is 0 Å². The van der Waals surface area contributed by atoms with Gasteiger partial charge in [0.25, 0.3) is 0 Å². The molecule has 0 bridgehead atoms. The van der Waals surface area contributed by atoms with Crippen molar-refractivity contribution in [3.05, 3.63) is 264 Å². The summed E-state index contributed by atoms with van der Waals surface area (Å²) in [6.07, 6.45) is 6.78. The fourth-order valence-electron chi connectivity index (χ4n) is 10.6. The Hall–Kier alpha value is -7.52. The van der Waals surface area contributed by atoms with E-state index in [-0.39, 0.29) is 0 Å². The topological polar surface area (TPSA) is 3.24 Å². The van der Waals surface area contributed by atoms with Gasteiger partial charge in [-0.25, -0.2) is 0 Å². The van der Waals surface area contributed by atoms with E-state index in [1.54, 1.807) is 0 Å². The van der Waals surface area contributed by atoms with Crippen LogP contribution in [-0.2, 0) is 5.41 Å². The van der Waals surface area contributed by atoms with Crippen LogP contribution in [0.1, 0.15) is 35.1 Å². The molecule has 0 spiro atoms. The summed E-state index contributed by atoms with van der Waals surface area (Å²) in [6, 6.07) is 83.3. The Morgan fingerprint density at radius 2 is 1.00 bits per heavy atom. The number of allylic oxidation sites excluding steroid dienone is 4. The quantitative estimate of drug-likeness (QED) is 0.148. The number of rotatable bonds is 8. The zero-order valence-electron chi connectivity index (χ0n) is 34.8. The van der Waals surface area contributed by atoms with Crippen molar-refractivity contribution in [2.45, 2.75) is 18.3 Å². The molecular formula is C61H43NS. The Morgan fingerprint density at radius 1 is 0.429 bits per heavy atom. The standard InChI is InChI=1S/C61H43NS/c1-5-20-42(21-6-1)48-28-13-14-31-53(48)60-49(43-22-7-2-8-23-43)32-19-34-57(60)62(46-37-39-59-54(40-46)52-30-16-18-35-58(52)63-59)47-36-38-51-50-29-15-17-33-55(50)61(56(51)41-47,44-24-9-3-10-25-44)45-26-11-4-12-27-45/h1-16,18-32,34-41H,17,33H2. The summed E-state index contributed by atoms with van der Waals surface area (Å²) >= 11 is 1.87. The van der Waals surface area contributed by atoms with E-state index in [1.807, 2.05) is 11.3 Å². The molecule has 2 aliphatic carbocycles. The smallest absolute Gasteiger partial charge is 0.0677 e. The lowest BCUT2D eigenvalue weighted by Crippen LogP contribution is -2.30. The first-order valence-corrected chi connectivity index (χ1v) is 22.8. The van der Waals surface area contributed by atoms with Gasteiger partial charge >= 0.3 is 0 Å². The monoisotopic (exact) mass is 821 g/mol. The van der Waals surface area contributed by atoms with Gasteiger partial charge in [-0.1, -0.05) is 194 Å². The lowest BCUT2D eigenvalue weighted by molar-refractivity contribution is 0.696. The van der Waals surface area contributed by atoms with E-state index in [9.17, 15) is 0 Å². The van der Waals surface area contributed by atoms with E-state index in [4.69, 9.17) is 0 Å². The summed E-state index contributed by atoms with van der Waals surface area (Å²) in [6.45, 7) is 0. The minimum absolute atomic E-state index is 0.457. The first-order chi connectivity index (χ1) is 31.3. The molecule has 0 aliphatic heterocycles. The van der Waals surface area contributed by atoms with Gasteiger partial charge in [0.05, 0.1) is 11.1 Å². The highest BCUT2D eigenvalue weighted by Gasteiger charge is 2.47. The van der Waals surface area contributed by atoms with Crippen molar-refractivity contribution in [2.75, 3.05) is 4.90 Å². The second-order valence-corrected chi connectivity index (χ2v) is 17.7. The zero-order chi connectivity index (χ0) is 41.7. The molecule has 12 rings (SSSR count). The highest BCUT2D eigenvalue weighted by atomic mass is 32.1. The molecule has 0 saturated heterocycles. The molecule has 0 radical (unpaired) electrons. The van der Waals surface area contributed by atoms with Crippen LogP contribution in [0.3, 0.4) is 0 Å². The van der Waals surface area contributed by atoms with Gasteiger partial charge in [-0.05, 0) is 117 Å². The van der Waals surface area contributed by atoms with E-state index in [2.05, 4.69) is 242 Å². The average molecular weight is 822 g/mol. The summed E-state index contributed by atoms with van der Waals surface area (Å²) in [4.78, 5) is 2.55. The van der Waals surface area contributed by atoms with E-state index < -0.39 is 5.41 Å². The molecule has 63 heavy (non-hydrogen) atoms. The molecule has 0 amide bonds. The van der Waals surface area contributed by atoms with Crippen molar-refractivity contribution in [2.24, 2.45) is 0 Å². The third-order valence-electron chi connectivity index (χ3n) is 13.3. The molecule has 1 nitrogen and oxygen atoms in total. The van der Waals surface area contributed by atoms with Gasteiger partial charge in [0.1, 0.15) is 0 Å². The molecule has 0 atom stereocenters. The van der Waals surface area contributed by atoms with Gasteiger partial charge in [-0.15, -0.1) is 11.3 Å². The maximum absolute atomic E-state index is 2.55. The van der Waals surface area contributed by atoms with Crippen LogP contribution in [-0.4, -0.2) is 0 Å². The summed E-state index contributed by atoms with van der Waals surface area (Å²) < 4.78 is 2.59. The number of anilines is 3. The molecule has 2 heteroatoms. The predicted octanol–water partition coefficient (Wildman–Crippen LogP) is 17.0. The molecule has 0 saturated carbocycles. The predicted molar refractivity (Wildman–Crippen MR) is 268 cm³/mol. The number of nitrogens with zero attached hydrogens (tertiary/aromatic N) is 1. The van der Waals surface area contributed by atoms with E-state index in [0.29, 0.717) is 0 Å². The first-order valence-electron chi connectivity index (χ1n) is 22.0. The lowest BCUT2D eigenvalue weighted by Gasteiger charge is -2.37. The van der Waals surface area contributed by atoms with Crippen LogP contribution in [0, 0.1) is 0 Å². The van der Waals surface area contributed by atoms with Crippen LogP contribution in [0.15, 0.2) is 242 Å². The summed E-state index contributed by atoms with van der Waals surface area (Å²) in [7, 11) is 0. The number of benzene rings is 9. The first kappa shape index (κ1) is 37.3. The van der Waals surface area contributed by atoms with E-state index in [0.717, 1.165) is 29.9 Å². The Balaban J connectivity index is 1.18. The fourth-order valence-corrected chi connectivity index (χ4v) is 11.7. The average Bonchev–Trinajstić information content (AvgIpc) is 3.88. The van der Waals surface area contributed by atoms with E-state index >= 15 is 0 Å². The van der Waals surface area contributed by atoms with Gasteiger partial charge in [0.2, 0.25) is 0 Å². The Morgan fingerprint density at radius 3 is 1.73 bits per heavy atom. The van der Waals surface area contributed by atoms with Crippen molar-refractivity contribution in [3.8, 4) is 33.4 Å². The highest BCUT2D eigenvalue weighted by Crippen LogP contribution is 2.59. The van der Waals surface area contributed by atoms with Gasteiger partial charge in [0, 0.05) is 37.1 Å². The van der Waals surface area contributed by atoms with Gasteiger partial charge in [-0.3, -0.25) is 0 Å². The summed E-state index contributed by atoms with van der Waals surface area (Å²) in [5, 5.41) is 2.56. The third kappa shape index (κ3) is 6.05. The molecule has 9 aromatic carbocycles. The van der Waals surface area contributed by atoms with Crippen LogP contribution in [0.2, 0.25) is 0 Å². The second-order valence-electron chi connectivity index (χ2n) is 16.6. The molecule has 0 fully saturated rings. The number of hydrogen-bond acceptors (Lipinski definition) is 2. The lowest BCUT2D eigenvalue weighted by atomic mass is 9.65. The minimum Gasteiger partial charge on any atom is -0.310 e. The Bertz CT molecular complexity index is 3340. The second kappa shape index (κ2) is 15.4. The largest absolute Gasteiger partial charge is 0.310 e. The summed E-state index contributed by atoms with van der Waals surface area (Å²) in [5.41, 5.74) is 18.1. The Labute approximate surface area is 373 Å². The number of thiophene rings is 1. The van der Waals surface area contributed by atoms with Gasteiger partial charge in [0.15, 0.2) is 0 Å². The number of fused-ring (bicyclic) bond motifs is 5. The van der Waals surface area contributed by atoms with Crippen LogP contribution in [0.25, 0.3) is 59.1 Å². The maximum Gasteiger partial charge on any atom is 0.0677 e. The van der Waals surface area contributed by atoms with Crippen LogP contribution in [0.5, 0.6) is 0 Å². The van der Waals surface area contributed by atoms with Crippen molar-refractivity contribution in [1.82, 2.24) is 0 Å². The molecule has 0 N–H and O–H groups in total. The molecular weight excluding hydrogens is 779 g/mol. The third-order valence-corrected chi connectivity index (χ3v) is 14.4. The van der Waals surface area contributed by atoms with Crippen LogP contribution >= 0.6 is 11.3 Å². The number of hydrogen-bond donors (Lipinski definition) is 0. The zero-order valence-corrected chi connectivity index (χ0v) is 35.6. The molecule has 0 unspecified atom stereocenters.